The molecule has 0 unspecified atom stereocenters. The highest BCUT2D eigenvalue weighted by molar-refractivity contribution is 5.47. The molecule has 4 N–H and O–H groups in total. The normalized spacial score (nSPS) is 11.7. The van der Waals surface area contributed by atoms with Crippen molar-refractivity contribution in [3.05, 3.63) is 12.4 Å². The maximum absolute atomic E-state index is 5.61. The summed E-state index contributed by atoms with van der Waals surface area (Å²) in [7, 11) is 0. The van der Waals surface area contributed by atoms with Gasteiger partial charge in [-0.15, -0.1) is 0 Å². The van der Waals surface area contributed by atoms with Crippen molar-refractivity contribution in [3.8, 4) is 0 Å². The Hall–Kier alpha value is -1.36. The Morgan fingerprint density at radius 2 is 1.95 bits per heavy atom. The van der Waals surface area contributed by atoms with Gasteiger partial charge in [-0.25, -0.2) is 9.97 Å². The Morgan fingerprint density at radius 3 is 2.58 bits per heavy atom. The fraction of sp³-hybridized carbons (Fsp3) is 0.714. The average Bonchev–Trinajstić information content (AvgIpc) is 2.28. The van der Waals surface area contributed by atoms with Gasteiger partial charge in [-0.1, -0.05) is 13.8 Å². The van der Waals surface area contributed by atoms with Gasteiger partial charge in [-0.2, -0.15) is 0 Å². The number of hydrogen-bond donors (Lipinski definition) is 3. The van der Waals surface area contributed by atoms with E-state index in [0.717, 1.165) is 31.0 Å². The highest BCUT2D eigenvalue weighted by atomic mass is 15.1. The van der Waals surface area contributed by atoms with E-state index in [4.69, 9.17) is 5.73 Å². The van der Waals surface area contributed by atoms with Crippen LogP contribution in [0.4, 0.5) is 11.6 Å². The summed E-state index contributed by atoms with van der Waals surface area (Å²) in [5, 5.41) is 6.71. The zero-order valence-electron chi connectivity index (χ0n) is 12.5. The predicted molar refractivity (Wildman–Crippen MR) is 81.3 cm³/mol. The van der Waals surface area contributed by atoms with Gasteiger partial charge in [0, 0.05) is 18.2 Å². The molecule has 1 rings (SSSR count). The maximum atomic E-state index is 5.61. The maximum Gasteiger partial charge on any atom is 0.131 e. The van der Waals surface area contributed by atoms with E-state index in [1.165, 1.54) is 0 Å². The zero-order valence-corrected chi connectivity index (χ0v) is 12.5. The molecule has 5 nitrogen and oxygen atoms in total. The van der Waals surface area contributed by atoms with Crippen molar-refractivity contribution in [2.45, 2.75) is 46.1 Å². The summed E-state index contributed by atoms with van der Waals surface area (Å²) in [4.78, 5) is 8.47. The molecule has 0 radical (unpaired) electrons. The van der Waals surface area contributed by atoms with Gasteiger partial charge in [-0.3, -0.25) is 0 Å². The lowest BCUT2D eigenvalue weighted by atomic mass is 10.0. The Balaban J connectivity index is 2.56. The first kappa shape index (κ1) is 15.7. The molecule has 0 aromatic carbocycles. The molecule has 19 heavy (non-hydrogen) atoms. The summed E-state index contributed by atoms with van der Waals surface area (Å²) in [5.41, 5.74) is 5.55. The molecule has 0 amide bonds. The topological polar surface area (TPSA) is 75.9 Å². The molecule has 0 aliphatic carbocycles. The van der Waals surface area contributed by atoms with Crippen LogP contribution in [0.5, 0.6) is 0 Å². The summed E-state index contributed by atoms with van der Waals surface area (Å²) >= 11 is 0. The highest BCUT2D eigenvalue weighted by Crippen LogP contribution is 2.17. The van der Waals surface area contributed by atoms with E-state index in [0.29, 0.717) is 12.5 Å². The van der Waals surface area contributed by atoms with Crippen LogP contribution < -0.4 is 16.4 Å². The van der Waals surface area contributed by atoms with E-state index in [9.17, 15) is 0 Å². The van der Waals surface area contributed by atoms with Crippen molar-refractivity contribution in [1.82, 2.24) is 9.97 Å². The van der Waals surface area contributed by atoms with E-state index in [2.05, 4.69) is 48.3 Å². The molecule has 5 heteroatoms. The molecule has 1 aromatic rings. The van der Waals surface area contributed by atoms with E-state index < -0.39 is 0 Å². The number of nitrogens with zero attached hydrogens (tertiary/aromatic N) is 2. The van der Waals surface area contributed by atoms with Crippen molar-refractivity contribution >= 4 is 11.6 Å². The third kappa shape index (κ3) is 6.38. The van der Waals surface area contributed by atoms with Crippen LogP contribution in [0.25, 0.3) is 0 Å². The van der Waals surface area contributed by atoms with Crippen LogP contribution in [0.3, 0.4) is 0 Å². The Morgan fingerprint density at radius 1 is 1.26 bits per heavy atom. The number of anilines is 2. The quantitative estimate of drug-likeness (QED) is 0.673. The van der Waals surface area contributed by atoms with Crippen molar-refractivity contribution in [2.24, 2.45) is 11.7 Å². The first-order valence-corrected chi connectivity index (χ1v) is 6.97. The number of hydrogen-bond acceptors (Lipinski definition) is 5. The summed E-state index contributed by atoms with van der Waals surface area (Å²) in [6.07, 6.45) is 3.61. The van der Waals surface area contributed by atoms with Gasteiger partial charge in [0.2, 0.25) is 0 Å². The molecule has 1 heterocycles. The zero-order chi connectivity index (χ0) is 14.3. The molecule has 1 aromatic heterocycles. The monoisotopic (exact) mass is 265 g/mol. The van der Waals surface area contributed by atoms with Gasteiger partial charge < -0.3 is 16.4 Å². The van der Waals surface area contributed by atoms with Crippen LogP contribution >= 0.6 is 0 Å². The second-order valence-electron chi connectivity index (χ2n) is 5.95. The summed E-state index contributed by atoms with van der Waals surface area (Å²) in [6, 6.07) is 1.94. The van der Waals surface area contributed by atoms with Gasteiger partial charge in [0.15, 0.2) is 0 Å². The minimum absolute atomic E-state index is 0.0572. The lowest BCUT2D eigenvalue weighted by molar-refractivity contribution is 0.524. The van der Waals surface area contributed by atoms with Crippen LogP contribution in [-0.4, -0.2) is 28.6 Å². The van der Waals surface area contributed by atoms with Crippen LogP contribution in [-0.2, 0) is 0 Å². The third-order valence-electron chi connectivity index (χ3n) is 2.93. The molecule has 0 fully saturated rings. The Kier molecular flexibility index (Phi) is 6.02. The van der Waals surface area contributed by atoms with E-state index >= 15 is 0 Å². The minimum Gasteiger partial charge on any atom is -0.370 e. The van der Waals surface area contributed by atoms with Crippen molar-refractivity contribution in [3.63, 3.8) is 0 Å². The first-order valence-electron chi connectivity index (χ1n) is 6.97. The van der Waals surface area contributed by atoms with E-state index in [1.54, 1.807) is 6.33 Å². The molecule has 0 aliphatic rings. The van der Waals surface area contributed by atoms with Crippen LogP contribution in [0, 0.1) is 5.92 Å². The third-order valence-corrected chi connectivity index (χ3v) is 2.93. The first-order chi connectivity index (χ1) is 8.93. The Bertz CT molecular complexity index is 376. The molecule has 0 spiro atoms. The SMILES string of the molecule is CC(C)CCNc1cc(NC(C)(C)CCN)ncn1. The second kappa shape index (κ2) is 7.28. The van der Waals surface area contributed by atoms with E-state index in [1.807, 2.05) is 6.07 Å². The van der Waals surface area contributed by atoms with Crippen LogP contribution in [0.2, 0.25) is 0 Å². The van der Waals surface area contributed by atoms with Crippen molar-refractivity contribution < 1.29 is 0 Å². The molecule has 0 bridgehead atoms. The molecule has 108 valence electrons. The summed E-state index contributed by atoms with van der Waals surface area (Å²) in [5.74, 6) is 2.39. The Labute approximate surface area is 116 Å². The fourth-order valence-electron chi connectivity index (χ4n) is 1.78. The number of rotatable bonds is 8. The lowest BCUT2D eigenvalue weighted by Crippen LogP contribution is -2.33. The smallest absolute Gasteiger partial charge is 0.131 e. The largest absolute Gasteiger partial charge is 0.370 e. The standard InChI is InChI=1S/C14H27N5/c1-11(2)5-8-16-12-9-13(18-10-17-12)19-14(3,4)6-7-15/h9-11H,5-8,15H2,1-4H3,(H2,16,17,18,19). The molecular weight excluding hydrogens is 238 g/mol. The van der Waals surface area contributed by atoms with Crippen LogP contribution in [0.1, 0.15) is 40.5 Å². The van der Waals surface area contributed by atoms with E-state index in [-0.39, 0.29) is 5.54 Å². The van der Waals surface area contributed by atoms with Gasteiger partial charge in [0.05, 0.1) is 0 Å². The molecule has 0 saturated heterocycles. The predicted octanol–water partition coefficient (Wildman–Crippen LogP) is 2.47. The van der Waals surface area contributed by atoms with Gasteiger partial charge in [-0.05, 0) is 39.2 Å². The fourth-order valence-corrected chi connectivity index (χ4v) is 1.78. The molecule has 0 atom stereocenters. The van der Waals surface area contributed by atoms with Crippen molar-refractivity contribution in [1.29, 1.82) is 0 Å². The summed E-state index contributed by atoms with van der Waals surface area (Å²) in [6.45, 7) is 10.3. The highest BCUT2D eigenvalue weighted by Gasteiger charge is 2.16. The second-order valence-corrected chi connectivity index (χ2v) is 5.95. The van der Waals surface area contributed by atoms with Gasteiger partial charge in [0.25, 0.3) is 0 Å². The van der Waals surface area contributed by atoms with Crippen molar-refractivity contribution in [2.75, 3.05) is 23.7 Å². The number of nitrogens with two attached hydrogens (primary N) is 1. The molecular formula is C14H27N5. The van der Waals surface area contributed by atoms with Gasteiger partial charge >= 0.3 is 0 Å². The minimum atomic E-state index is -0.0572. The van der Waals surface area contributed by atoms with Crippen LogP contribution in [0.15, 0.2) is 12.4 Å². The molecule has 0 aliphatic heterocycles. The summed E-state index contributed by atoms with van der Waals surface area (Å²) < 4.78 is 0. The lowest BCUT2D eigenvalue weighted by Gasteiger charge is -2.26. The van der Waals surface area contributed by atoms with Gasteiger partial charge in [0.1, 0.15) is 18.0 Å². The number of aromatic nitrogens is 2. The number of nitrogens with one attached hydrogen (secondary N) is 2. The molecule has 0 saturated carbocycles. The average molecular weight is 265 g/mol.